The first-order chi connectivity index (χ1) is 16.1. The minimum absolute atomic E-state index is 0.0209. The molecular weight excluding hydrogens is 420 g/mol. The summed E-state index contributed by atoms with van der Waals surface area (Å²) in [6, 6.07) is 9.51. The van der Waals surface area contributed by atoms with Crippen molar-refractivity contribution < 1.29 is 23.9 Å². The van der Waals surface area contributed by atoms with Crippen molar-refractivity contribution in [1.29, 1.82) is 0 Å². The molecule has 0 unspecified atom stereocenters. The lowest BCUT2D eigenvalue weighted by molar-refractivity contribution is -0.142. The number of benzene rings is 1. The number of carbonyl (C=O) groups excluding carboxylic acids is 3. The third kappa shape index (κ3) is 6.34. The summed E-state index contributed by atoms with van der Waals surface area (Å²) >= 11 is 0. The molecule has 180 valence electrons. The Morgan fingerprint density at radius 3 is 2.48 bits per heavy atom. The smallest absolute Gasteiger partial charge is 0.416 e. The van der Waals surface area contributed by atoms with Gasteiger partial charge in [-0.05, 0) is 30.7 Å². The molecule has 3 fully saturated rings. The van der Waals surface area contributed by atoms with Gasteiger partial charge in [0.2, 0.25) is 11.8 Å². The summed E-state index contributed by atoms with van der Waals surface area (Å²) in [6.45, 7) is 2.38. The molecule has 33 heavy (non-hydrogen) atoms. The molecule has 1 aromatic carbocycles. The van der Waals surface area contributed by atoms with Gasteiger partial charge in [0.15, 0.2) is 0 Å². The number of imide groups is 1. The molecule has 3 aliphatic rings. The van der Waals surface area contributed by atoms with Crippen molar-refractivity contribution in [3.05, 3.63) is 35.9 Å². The van der Waals surface area contributed by atoms with Crippen LogP contribution in [0.1, 0.15) is 56.9 Å². The first-order valence-corrected chi connectivity index (χ1v) is 12.5. The molecule has 7 nitrogen and oxygen atoms in total. The van der Waals surface area contributed by atoms with Crippen molar-refractivity contribution in [1.82, 2.24) is 9.80 Å². The molecule has 0 N–H and O–H groups in total. The molecule has 0 radical (unpaired) electrons. The van der Waals surface area contributed by atoms with Gasteiger partial charge in [0.25, 0.3) is 0 Å². The molecule has 1 saturated carbocycles. The van der Waals surface area contributed by atoms with E-state index in [1.807, 2.05) is 30.3 Å². The second kappa shape index (κ2) is 11.6. The second-order valence-corrected chi connectivity index (χ2v) is 9.60. The third-order valence-electron chi connectivity index (χ3n) is 7.29. The molecule has 0 spiro atoms. The number of amides is 3. The maximum absolute atomic E-state index is 13.7. The summed E-state index contributed by atoms with van der Waals surface area (Å²) in [4.78, 5) is 42.4. The molecule has 7 heteroatoms. The third-order valence-corrected chi connectivity index (χ3v) is 7.29. The number of nitrogens with zero attached hydrogens (tertiary/aromatic N) is 2. The Kier molecular flexibility index (Phi) is 8.37. The van der Waals surface area contributed by atoms with Crippen molar-refractivity contribution >= 4 is 17.9 Å². The van der Waals surface area contributed by atoms with Gasteiger partial charge in [0, 0.05) is 25.4 Å². The molecule has 1 aliphatic carbocycles. The zero-order valence-electron chi connectivity index (χ0n) is 19.5. The minimum Gasteiger partial charge on any atom is -0.447 e. The maximum atomic E-state index is 13.7. The number of rotatable bonds is 8. The van der Waals surface area contributed by atoms with Crippen LogP contribution >= 0.6 is 0 Å². The first kappa shape index (κ1) is 23.7. The molecule has 2 aliphatic heterocycles. The highest BCUT2D eigenvalue weighted by atomic mass is 16.6. The van der Waals surface area contributed by atoms with Crippen molar-refractivity contribution in [2.75, 3.05) is 32.9 Å². The summed E-state index contributed by atoms with van der Waals surface area (Å²) in [6.07, 6.45) is 7.86. The first-order valence-electron chi connectivity index (χ1n) is 12.5. The van der Waals surface area contributed by atoms with Crippen molar-refractivity contribution in [2.45, 2.75) is 63.8 Å². The van der Waals surface area contributed by atoms with Gasteiger partial charge >= 0.3 is 6.09 Å². The van der Waals surface area contributed by atoms with E-state index < -0.39 is 12.0 Å². The monoisotopic (exact) mass is 456 g/mol. The Hall–Kier alpha value is -2.41. The van der Waals surface area contributed by atoms with Crippen LogP contribution in [0.2, 0.25) is 0 Å². The van der Waals surface area contributed by atoms with Crippen LogP contribution in [0.5, 0.6) is 0 Å². The van der Waals surface area contributed by atoms with E-state index in [4.69, 9.17) is 9.47 Å². The van der Waals surface area contributed by atoms with Gasteiger partial charge in [-0.25, -0.2) is 9.69 Å². The fourth-order valence-corrected chi connectivity index (χ4v) is 5.34. The van der Waals surface area contributed by atoms with Crippen LogP contribution in [0.15, 0.2) is 30.3 Å². The molecule has 0 bridgehead atoms. The van der Waals surface area contributed by atoms with Crippen molar-refractivity contribution in [3.8, 4) is 0 Å². The Morgan fingerprint density at radius 2 is 1.76 bits per heavy atom. The predicted octanol–water partition coefficient (Wildman–Crippen LogP) is 3.80. The highest BCUT2D eigenvalue weighted by Gasteiger charge is 2.41. The largest absolute Gasteiger partial charge is 0.447 e. The lowest BCUT2D eigenvalue weighted by Gasteiger charge is -2.30. The standard InChI is InChI=1S/C26H36N2O5/c29-24(27-13-15-32-16-14-27)18-22(12-11-20-7-3-1-4-8-20)25(30)28-23(19-33-26(28)31)17-21-9-5-2-6-10-21/h2,5-6,9-10,20,22-23H,1,3-4,7-8,11-19H2/t22-,23+/m1/s1. The zero-order valence-corrected chi connectivity index (χ0v) is 19.5. The summed E-state index contributed by atoms with van der Waals surface area (Å²) < 4.78 is 10.7. The van der Waals surface area contributed by atoms with Crippen LogP contribution < -0.4 is 0 Å². The summed E-state index contributed by atoms with van der Waals surface area (Å²) in [5.74, 6) is -0.160. The predicted molar refractivity (Wildman–Crippen MR) is 123 cm³/mol. The van der Waals surface area contributed by atoms with Crippen LogP contribution in [-0.4, -0.2) is 66.7 Å². The maximum Gasteiger partial charge on any atom is 0.416 e. The average molecular weight is 457 g/mol. The SMILES string of the molecule is O=C(C[C@@H](CCC1CCCCC1)C(=O)N1C(=O)OC[C@@H]1Cc1ccccc1)N1CCOCC1. The highest BCUT2D eigenvalue weighted by Crippen LogP contribution is 2.31. The van der Waals surface area contributed by atoms with E-state index in [9.17, 15) is 14.4 Å². The summed E-state index contributed by atoms with van der Waals surface area (Å²) in [5.41, 5.74) is 1.06. The van der Waals surface area contributed by atoms with Gasteiger partial charge in [-0.1, -0.05) is 62.4 Å². The highest BCUT2D eigenvalue weighted by molar-refractivity contribution is 5.96. The fraction of sp³-hybridized carbons (Fsp3) is 0.654. The van der Waals surface area contributed by atoms with E-state index in [0.29, 0.717) is 45.1 Å². The molecule has 2 saturated heterocycles. The lowest BCUT2D eigenvalue weighted by atomic mass is 9.83. The van der Waals surface area contributed by atoms with E-state index in [-0.39, 0.29) is 30.9 Å². The van der Waals surface area contributed by atoms with Crippen LogP contribution in [0.3, 0.4) is 0 Å². The Labute approximate surface area is 196 Å². The topological polar surface area (TPSA) is 76.2 Å². The summed E-state index contributed by atoms with van der Waals surface area (Å²) in [5, 5.41) is 0. The Bertz CT molecular complexity index is 802. The van der Waals surface area contributed by atoms with Gasteiger partial charge in [0.05, 0.1) is 19.3 Å². The van der Waals surface area contributed by atoms with Crippen LogP contribution in [-0.2, 0) is 25.5 Å². The zero-order chi connectivity index (χ0) is 23.0. The van der Waals surface area contributed by atoms with E-state index >= 15 is 0 Å². The van der Waals surface area contributed by atoms with Crippen molar-refractivity contribution in [2.24, 2.45) is 11.8 Å². The van der Waals surface area contributed by atoms with Crippen LogP contribution in [0, 0.1) is 11.8 Å². The number of ether oxygens (including phenoxy) is 2. The lowest BCUT2D eigenvalue weighted by Crippen LogP contribution is -2.46. The average Bonchev–Trinajstić information content (AvgIpc) is 3.22. The van der Waals surface area contributed by atoms with Gasteiger partial charge in [-0.2, -0.15) is 0 Å². The van der Waals surface area contributed by atoms with E-state index in [2.05, 4.69) is 0 Å². The number of cyclic esters (lactones) is 1. The Morgan fingerprint density at radius 1 is 1.03 bits per heavy atom. The number of carbonyl (C=O) groups is 3. The molecule has 1 aromatic rings. The molecular formula is C26H36N2O5. The normalized spacial score (nSPS) is 22.8. The van der Waals surface area contributed by atoms with E-state index in [0.717, 1.165) is 12.0 Å². The van der Waals surface area contributed by atoms with E-state index in [1.165, 1.54) is 37.0 Å². The molecule has 4 rings (SSSR count). The Balaban J connectivity index is 1.46. The minimum atomic E-state index is -0.581. The van der Waals surface area contributed by atoms with Crippen LogP contribution in [0.4, 0.5) is 4.79 Å². The molecule has 0 aromatic heterocycles. The second-order valence-electron chi connectivity index (χ2n) is 9.60. The van der Waals surface area contributed by atoms with Gasteiger partial charge in [-0.15, -0.1) is 0 Å². The molecule has 2 heterocycles. The molecule has 2 atom stereocenters. The number of hydrogen-bond acceptors (Lipinski definition) is 5. The van der Waals surface area contributed by atoms with Gasteiger partial charge in [0.1, 0.15) is 6.61 Å². The van der Waals surface area contributed by atoms with Crippen LogP contribution in [0.25, 0.3) is 0 Å². The number of hydrogen-bond donors (Lipinski definition) is 0. The number of morpholine rings is 1. The van der Waals surface area contributed by atoms with E-state index in [1.54, 1.807) is 4.90 Å². The van der Waals surface area contributed by atoms with Gasteiger partial charge < -0.3 is 14.4 Å². The quantitative estimate of drug-likeness (QED) is 0.595. The van der Waals surface area contributed by atoms with Gasteiger partial charge in [-0.3, -0.25) is 9.59 Å². The summed E-state index contributed by atoms with van der Waals surface area (Å²) in [7, 11) is 0. The van der Waals surface area contributed by atoms with Crippen molar-refractivity contribution in [3.63, 3.8) is 0 Å². The fourth-order valence-electron chi connectivity index (χ4n) is 5.34. The molecule has 3 amide bonds.